The molecule has 0 aliphatic rings. The van der Waals surface area contributed by atoms with Crippen molar-refractivity contribution >= 4 is 23.3 Å². The van der Waals surface area contributed by atoms with Gasteiger partial charge < -0.3 is 4.74 Å². The predicted octanol–water partition coefficient (Wildman–Crippen LogP) is 4.11. The number of ether oxygens (including phenoxy) is 1. The number of thiazole rings is 1. The third-order valence-corrected chi connectivity index (χ3v) is 4.30. The molecule has 0 aliphatic heterocycles. The van der Waals surface area contributed by atoms with Gasteiger partial charge in [0.25, 0.3) is 5.69 Å². The molecule has 7 heteroatoms. The summed E-state index contributed by atoms with van der Waals surface area (Å²) in [6.07, 6.45) is 2.27. The summed E-state index contributed by atoms with van der Waals surface area (Å²) in [5.74, 6) is 0.310. The van der Waals surface area contributed by atoms with E-state index in [0.29, 0.717) is 12.0 Å². The second-order valence-corrected chi connectivity index (χ2v) is 6.00. The molecule has 0 saturated carbocycles. The lowest BCUT2D eigenvalue weighted by Crippen LogP contribution is -1.98. The Kier molecular flexibility index (Phi) is 4.62. The normalized spacial score (nSPS) is 10.3. The van der Waals surface area contributed by atoms with Gasteiger partial charge in [0, 0.05) is 23.9 Å². The number of aldehydes is 1. The highest BCUT2D eigenvalue weighted by atomic mass is 32.1. The van der Waals surface area contributed by atoms with Gasteiger partial charge in [0.05, 0.1) is 15.4 Å². The maximum Gasteiger partial charge on any atom is 0.270 e. The van der Waals surface area contributed by atoms with Crippen molar-refractivity contribution in [2.24, 2.45) is 0 Å². The lowest BCUT2D eigenvalue weighted by molar-refractivity contribution is -0.384. The van der Waals surface area contributed by atoms with Gasteiger partial charge in [-0.05, 0) is 6.07 Å². The maximum absolute atomic E-state index is 11.1. The fourth-order valence-electron chi connectivity index (χ4n) is 2.11. The number of aromatic nitrogens is 1. The van der Waals surface area contributed by atoms with Crippen molar-refractivity contribution in [1.82, 2.24) is 4.98 Å². The summed E-state index contributed by atoms with van der Waals surface area (Å²) >= 11 is 1.49. The zero-order chi connectivity index (χ0) is 16.9. The van der Waals surface area contributed by atoms with Crippen molar-refractivity contribution in [3.63, 3.8) is 0 Å². The standard InChI is InChI=1S/C17H12N2O4S/c20-10-13-8-14(19(21)22)6-7-16(13)23-11-15-9-18-17(24-15)12-4-2-1-3-5-12/h1-10H,11H2. The van der Waals surface area contributed by atoms with Crippen LogP contribution in [0.25, 0.3) is 10.6 Å². The van der Waals surface area contributed by atoms with E-state index in [1.54, 1.807) is 6.20 Å². The highest BCUT2D eigenvalue weighted by molar-refractivity contribution is 7.15. The van der Waals surface area contributed by atoms with Crippen LogP contribution in [0.4, 0.5) is 5.69 Å². The van der Waals surface area contributed by atoms with Crippen LogP contribution in [-0.2, 0) is 6.61 Å². The van der Waals surface area contributed by atoms with Gasteiger partial charge in [-0.1, -0.05) is 30.3 Å². The maximum atomic E-state index is 11.1. The van der Waals surface area contributed by atoms with Crippen LogP contribution in [0.15, 0.2) is 54.7 Å². The molecule has 0 amide bonds. The monoisotopic (exact) mass is 340 g/mol. The van der Waals surface area contributed by atoms with E-state index in [9.17, 15) is 14.9 Å². The molecule has 0 fully saturated rings. The fourth-order valence-corrected chi connectivity index (χ4v) is 2.94. The zero-order valence-electron chi connectivity index (χ0n) is 12.4. The molecule has 0 unspecified atom stereocenters. The average Bonchev–Trinajstić information content (AvgIpc) is 3.09. The molecule has 2 aromatic carbocycles. The fraction of sp³-hybridized carbons (Fsp3) is 0.0588. The largest absolute Gasteiger partial charge is 0.487 e. The molecule has 120 valence electrons. The van der Waals surface area contributed by atoms with Crippen molar-refractivity contribution in [3.8, 4) is 16.3 Å². The number of nitro benzene ring substituents is 1. The van der Waals surface area contributed by atoms with Crippen LogP contribution in [0, 0.1) is 10.1 Å². The van der Waals surface area contributed by atoms with Crippen LogP contribution >= 0.6 is 11.3 Å². The summed E-state index contributed by atoms with van der Waals surface area (Å²) in [6, 6.07) is 13.7. The Morgan fingerprint density at radius 2 is 2.00 bits per heavy atom. The number of rotatable bonds is 6. The number of non-ortho nitro benzene ring substituents is 1. The van der Waals surface area contributed by atoms with Crippen molar-refractivity contribution < 1.29 is 14.5 Å². The van der Waals surface area contributed by atoms with Gasteiger partial charge in [-0.3, -0.25) is 14.9 Å². The first-order valence-corrected chi connectivity index (χ1v) is 7.85. The first-order chi connectivity index (χ1) is 11.7. The van der Waals surface area contributed by atoms with Gasteiger partial charge in [0.15, 0.2) is 6.29 Å². The van der Waals surface area contributed by atoms with Crippen LogP contribution < -0.4 is 4.74 Å². The third-order valence-electron chi connectivity index (χ3n) is 3.28. The van der Waals surface area contributed by atoms with Gasteiger partial charge in [-0.25, -0.2) is 4.98 Å². The Morgan fingerprint density at radius 1 is 1.21 bits per heavy atom. The molecule has 0 radical (unpaired) electrons. The Hall–Kier alpha value is -3.06. The Balaban J connectivity index is 1.73. The molecular formula is C17H12N2O4S. The quantitative estimate of drug-likeness (QED) is 0.383. The molecule has 3 aromatic rings. The van der Waals surface area contributed by atoms with Crippen molar-refractivity contribution in [3.05, 3.63) is 75.3 Å². The molecule has 1 heterocycles. The minimum atomic E-state index is -0.549. The van der Waals surface area contributed by atoms with Crippen LogP contribution in [0.5, 0.6) is 5.75 Å². The number of hydrogen-bond acceptors (Lipinski definition) is 6. The molecular weight excluding hydrogens is 328 g/mol. The molecule has 0 aliphatic carbocycles. The molecule has 0 atom stereocenters. The average molecular weight is 340 g/mol. The number of carbonyl (C=O) groups excluding carboxylic acids is 1. The van der Waals surface area contributed by atoms with Crippen LogP contribution in [-0.4, -0.2) is 16.2 Å². The highest BCUT2D eigenvalue weighted by Crippen LogP contribution is 2.27. The smallest absolute Gasteiger partial charge is 0.270 e. The first kappa shape index (κ1) is 15.8. The Labute approximate surface area is 141 Å². The van der Waals surface area contributed by atoms with E-state index in [0.717, 1.165) is 15.4 Å². The van der Waals surface area contributed by atoms with Crippen molar-refractivity contribution in [2.75, 3.05) is 0 Å². The molecule has 0 bridgehead atoms. The van der Waals surface area contributed by atoms with E-state index in [2.05, 4.69) is 4.98 Å². The predicted molar refractivity (Wildman–Crippen MR) is 90.4 cm³/mol. The summed E-state index contributed by atoms with van der Waals surface area (Å²) in [4.78, 5) is 26.5. The molecule has 0 saturated heterocycles. The molecule has 3 rings (SSSR count). The van der Waals surface area contributed by atoms with Crippen molar-refractivity contribution in [1.29, 1.82) is 0 Å². The SMILES string of the molecule is O=Cc1cc([N+](=O)[O-])ccc1OCc1cnc(-c2ccccc2)s1. The number of hydrogen-bond donors (Lipinski definition) is 0. The Morgan fingerprint density at radius 3 is 2.71 bits per heavy atom. The lowest BCUT2D eigenvalue weighted by atomic mass is 10.2. The van der Waals surface area contributed by atoms with Crippen LogP contribution in [0.2, 0.25) is 0 Å². The van der Waals surface area contributed by atoms with E-state index >= 15 is 0 Å². The Bertz CT molecular complexity index is 877. The van der Waals surface area contributed by atoms with Crippen molar-refractivity contribution in [2.45, 2.75) is 6.61 Å². The van der Waals surface area contributed by atoms with E-state index in [1.165, 1.54) is 29.5 Å². The van der Waals surface area contributed by atoms with Gasteiger partial charge >= 0.3 is 0 Å². The van der Waals surface area contributed by atoms with Crippen LogP contribution in [0.1, 0.15) is 15.2 Å². The first-order valence-electron chi connectivity index (χ1n) is 7.04. The molecule has 0 N–H and O–H groups in total. The summed E-state index contributed by atoms with van der Waals surface area (Å²) < 4.78 is 5.61. The van der Waals surface area contributed by atoms with Gasteiger partial charge in [0.2, 0.25) is 0 Å². The topological polar surface area (TPSA) is 82.3 Å². The van der Waals surface area contributed by atoms with Gasteiger partial charge in [-0.2, -0.15) is 0 Å². The van der Waals surface area contributed by atoms with Crippen LogP contribution in [0.3, 0.4) is 0 Å². The van der Waals surface area contributed by atoms with E-state index in [-0.39, 0.29) is 17.9 Å². The summed E-state index contributed by atoms with van der Waals surface area (Å²) in [5.41, 5.74) is 1.03. The number of carbonyl (C=O) groups is 1. The highest BCUT2D eigenvalue weighted by Gasteiger charge is 2.12. The second-order valence-electron chi connectivity index (χ2n) is 4.88. The van der Waals surface area contributed by atoms with E-state index in [1.807, 2.05) is 30.3 Å². The van der Waals surface area contributed by atoms with E-state index in [4.69, 9.17) is 4.74 Å². The molecule has 6 nitrogen and oxygen atoms in total. The number of nitrogens with zero attached hydrogens (tertiary/aromatic N) is 2. The van der Waals surface area contributed by atoms with Gasteiger partial charge in [-0.15, -0.1) is 11.3 Å². The summed E-state index contributed by atoms with van der Waals surface area (Å²) in [5, 5.41) is 11.6. The molecule has 24 heavy (non-hydrogen) atoms. The molecule has 0 spiro atoms. The molecule has 1 aromatic heterocycles. The third kappa shape index (κ3) is 3.47. The minimum absolute atomic E-state index is 0.145. The number of benzene rings is 2. The summed E-state index contributed by atoms with van der Waals surface area (Å²) in [7, 11) is 0. The zero-order valence-corrected chi connectivity index (χ0v) is 13.2. The van der Waals surface area contributed by atoms with Gasteiger partial charge in [0.1, 0.15) is 17.4 Å². The second kappa shape index (κ2) is 7.01. The van der Waals surface area contributed by atoms with E-state index < -0.39 is 4.92 Å². The number of nitro groups is 1. The summed E-state index contributed by atoms with van der Waals surface area (Å²) in [6.45, 7) is 0.239. The minimum Gasteiger partial charge on any atom is -0.487 e. The lowest BCUT2D eigenvalue weighted by Gasteiger charge is -2.06.